The zero-order valence-corrected chi connectivity index (χ0v) is 16.4. The lowest BCUT2D eigenvalue weighted by Crippen LogP contribution is -2.25. The number of para-hydroxylation sites is 1. The predicted octanol–water partition coefficient (Wildman–Crippen LogP) is 4.15. The van der Waals surface area contributed by atoms with Gasteiger partial charge in [-0.25, -0.2) is 9.38 Å². The highest BCUT2D eigenvalue weighted by Gasteiger charge is 2.22. The van der Waals surface area contributed by atoms with E-state index in [4.69, 9.17) is 4.74 Å². The maximum atomic E-state index is 13.8. The molecule has 2 aliphatic rings. The van der Waals surface area contributed by atoms with Crippen molar-refractivity contribution in [1.29, 1.82) is 0 Å². The largest absolute Gasteiger partial charge is 0.376 e. The van der Waals surface area contributed by atoms with E-state index in [1.807, 2.05) is 0 Å². The van der Waals surface area contributed by atoms with E-state index in [0.717, 1.165) is 37.3 Å². The van der Waals surface area contributed by atoms with Gasteiger partial charge in [0.25, 0.3) is 0 Å². The van der Waals surface area contributed by atoms with Gasteiger partial charge in [0.05, 0.1) is 11.8 Å². The minimum atomic E-state index is -0.333. The first kappa shape index (κ1) is 18.3. The van der Waals surface area contributed by atoms with Crippen molar-refractivity contribution in [2.75, 3.05) is 12.4 Å². The molecule has 7 heteroatoms. The minimum Gasteiger partial charge on any atom is -0.376 e. The molecule has 4 rings (SSSR count). The molecule has 1 aromatic heterocycles. The number of rotatable bonds is 4. The topological polar surface area (TPSA) is 50.9 Å². The second kappa shape index (κ2) is 7.86. The van der Waals surface area contributed by atoms with E-state index in [0.29, 0.717) is 22.7 Å². The summed E-state index contributed by atoms with van der Waals surface area (Å²) >= 11 is 1.53. The number of hydrazone groups is 1. The molecule has 1 aromatic carbocycles. The number of ether oxygens (including phenoxy) is 1. The Kier molecular flexibility index (Phi) is 5.31. The first-order valence-electron chi connectivity index (χ1n) is 9.19. The molecule has 1 atom stereocenters. The van der Waals surface area contributed by atoms with E-state index < -0.39 is 0 Å². The average molecular weight is 386 g/mol. The number of hydrogen-bond acceptors (Lipinski definition) is 4. The van der Waals surface area contributed by atoms with Crippen LogP contribution in [-0.4, -0.2) is 33.9 Å². The molecule has 0 aliphatic carbocycles. The summed E-state index contributed by atoms with van der Waals surface area (Å²) in [7, 11) is 0. The summed E-state index contributed by atoms with van der Waals surface area (Å²) < 4.78 is 21.9. The average Bonchev–Trinajstić information content (AvgIpc) is 3.28. The van der Waals surface area contributed by atoms with Crippen LogP contribution in [0.4, 0.5) is 10.1 Å². The smallest absolute Gasteiger partial charge is 0.182 e. The summed E-state index contributed by atoms with van der Waals surface area (Å²) in [6.45, 7) is 6.02. The van der Waals surface area contributed by atoms with Crippen molar-refractivity contribution in [3.8, 4) is 0 Å². The molecule has 0 bridgehead atoms. The van der Waals surface area contributed by atoms with Crippen LogP contribution < -0.4 is 5.43 Å². The predicted molar refractivity (Wildman–Crippen MR) is 109 cm³/mol. The second-order valence-corrected chi connectivity index (χ2v) is 7.82. The van der Waals surface area contributed by atoms with Gasteiger partial charge in [-0.05, 0) is 44.9 Å². The third-order valence-corrected chi connectivity index (χ3v) is 5.88. The summed E-state index contributed by atoms with van der Waals surface area (Å²) in [4.78, 5) is 4.32. The monoisotopic (exact) mass is 386 g/mol. The Bertz CT molecular complexity index is 899. The first-order valence-corrected chi connectivity index (χ1v) is 10.2. The van der Waals surface area contributed by atoms with Gasteiger partial charge in [-0.1, -0.05) is 23.9 Å². The first-order chi connectivity index (χ1) is 13.1. The van der Waals surface area contributed by atoms with Crippen molar-refractivity contribution in [3.63, 3.8) is 0 Å². The maximum Gasteiger partial charge on any atom is 0.182 e. The molecule has 27 heavy (non-hydrogen) atoms. The molecular formula is C20H23FN4OS. The Labute approximate surface area is 162 Å². The fourth-order valence-electron chi connectivity index (χ4n) is 3.53. The third kappa shape index (κ3) is 3.94. The summed E-state index contributed by atoms with van der Waals surface area (Å²) in [5.74, 6) is 0.365. The fourth-order valence-corrected chi connectivity index (χ4v) is 4.30. The molecule has 142 valence electrons. The van der Waals surface area contributed by atoms with Gasteiger partial charge in [0, 0.05) is 35.9 Å². The number of aryl methyl sites for hydroxylation is 1. The molecule has 0 saturated carbocycles. The number of hydrogen-bond donors (Lipinski definition) is 1. The summed E-state index contributed by atoms with van der Waals surface area (Å²) in [5, 5.41) is 5.11. The van der Waals surface area contributed by atoms with Crippen LogP contribution in [0, 0.1) is 19.7 Å². The fraction of sp³-hybridized carbons (Fsp3) is 0.400. The van der Waals surface area contributed by atoms with Crippen LogP contribution >= 0.6 is 11.8 Å². The number of aromatic nitrogens is 1. The molecule has 5 nitrogen and oxygen atoms in total. The Morgan fingerprint density at radius 1 is 1.37 bits per heavy atom. The van der Waals surface area contributed by atoms with E-state index in [-0.39, 0.29) is 5.82 Å². The molecule has 1 saturated heterocycles. The van der Waals surface area contributed by atoms with E-state index in [1.165, 1.54) is 29.2 Å². The summed E-state index contributed by atoms with van der Waals surface area (Å²) in [6, 6.07) is 8.67. The summed E-state index contributed by atoms with van der Waals surface area (Å²) in [5.41, 5.74) is 7.85. The van der Waals surface area contributed by atoms with Crippen LogP contribution in [0.5, 0.6) is 0 Å². The normalized spacial score (nSPS) is 21.4. The molecule has 2 aromatic rings. The van der Waals surface area contributed by atoms with Crippen molar-refractivity contribution in [2.45, 2.75) is 39.3 Å². The lowest BCUT2D eigenvalue weighted by Gasteiger charge is -2.17. The van der Waals surface area contributed by atoms with Crippen LogP contribution in [-0.2, 0) is 11.3 Å². The van der Waals surface area contributed by atoms with Crippen LogP contribution in [0.3, 0.4) is 0 Å². The van der Waals surface area contributed by atoms with E-state index >= 15 is 0 Å². The molecular weight excluding hydrogens is 363 g/mol. The number of halogens is 1. The van der Waals surface area contributed by atoms with E-state index in [1.54, 1.807) is 18.2 Å². The zero-order valence-electron chi connectivity index (χ0n) is 15.5. The van der Waals surface area contributed by atoms with Crippen LogP contribution in [0.25, 0.3) is 0 Å². The number of aliphatic imine (C=N–C) groups is 1. The molecule has 0 amide bonds. The highest BCUT2D eigenvalue weighted by Crippen LogP contribution is 2.24. The van der Waals surface area contributed by atoms with Gasteiger partial charge in [-0.2, -0.15) is 5.10 Å². The number of nitrogens with one attached hydrogen (secondary N) is 1. The van der Waals surface area contributed by atoms with Gasteiger partial charge in [-0.15, -0.1) is 0 Å². The molecule has 1 N–H and O–H groups in total. The molecule has 1 unspecified atom stereocenters. The van der Waals surface area contributed by atoms with Crippen molar-refractivity contribution in [1.82, 2.24) is 9.99 Å². The molecule has 1 fully saturated rings. The van der Waals surface area contributed by atoms with Crippen molar-refractivity contribution in [3.05, 3.63) is 53.1 Å². The highest BCUT2D eigenvalue weighted by atomic mass is 32.2. The third-order valence-electron chi connectivity index (χ3n) is 5.00. The highest BCUT2D eigenvalue weighted by molar-refractivity contribution is 8.14. The second-order valence-electron chi connectivity index (χ2n) is 6.86. The van der Waals surface area contributed by atoms with Crippen LogP contribution in [0.15, 0.2) is 40.4 Å². The Balaban J connectivity index is 1.52. The van der Waals surface area contributed by atoms with E-state index in [2.05, 4.69) is 40.0 Å². The molecule has 0 radical (unpaired) electrons. The quantitative estimate of drug-likeness (QED) is 0.859. The Morgan fingerprint density at radius 2 is 2.22 bits per heavy atom. The van der Waals surface area contributed by atoms with Gasteiger partial charge in [0.1, 0.15) is 11.5 Å². The number of benzene rings is 1. The van der Waals surface area contributed by atoms with Gasteiger partial charge in [-0.3, -0.25) is 5.43 Å². The number of thioether (sulfide) groups is 1. The van der Waals surface area contributed by atoms with Crippen molar-refractivity contribution >= 4 is 28.3 Å². The van der Waals surface area contributed by atoms with Crippen molar-refractivity contribution < 1.29 is 9.13 Å². The van der Waals surface area contributed by atoms with Gasteiger partial charge in [0.15, 0.2) is 5.17 Å². The molecule has 0 spiro atoms. The lowest BCUT2D eigenvalue weighted by molar-refractivity contribution is 0.0962. The van der Waals surface area contributed by atoms with E-state index in [9.17, 15) is 4.39 Å². The van der Waals surface area contributed by atoms with Crippen LogP contribution in [0.1, 0.15) is 29.8 Å². The van der Waals surface area contributed by atoms with Crippen molar-refractivity contribution in [2.24, 2.45) is 10.1 Å². The van der Waals surface area contributed by atoms with Gasteiger partial charge < -0.3 is 9.30 Å². The number of nitrogens with zero attached hydrogens (tertiary/aromatic N) is 3. The minimum absolute atomic E-state index is 0.308. The number of amidine groups is 1. The van der Waals surface area contributed by atoms with Crippen LogP contribution in [0.2, 0.25) is 0 Å². The van der Waals surface area contributed by atoms with Gasteiger partial charge in [0.2, 0.25) is 0 Å². The zero-order chi connectivity index (χ0) is 18.8. The Hall–Kier alpha value is -2.12. The maximum absolute atomic E-state index is 13.8. The SMILES string of the molecule is Cc1cc(C2=NNC(=Nc3ccccc3F)SC2)c(C)n1CC1CCCO1. The summed E-state index contributed by atoms with van der Waals surface area (Å²) in [6.07, 6.45) is 2.58. The molecule has 3 heterocycles. The molecule has 2 aliphatic heterocycles. The van der Waals surface area contributed by atoms with Gasteiger partial charge >= 0.3 is 0 Å². The standard InChI is InChI=1S/C20H23FN4OS/c1-13-10-16(14(2)25(13)11-15-6-5-9-26-15)19-12-27-20(24-23-19)22-18-8-4-3-7-17(18)21/h3-4,7-8,10,15H,5-6,9,11-12H2,1-2H3,(H,22,24). The Morgan fingerprint density at radius 3 is 2.93 bits per heavy atom. The lowest BCUT2D eigenvalue weighted by atomic mass is 10.1.